The Kier molecular flexibility index (Phi) is 68.9. The molecular formula is C82H144NO8P. The van der Waals surface area contributed by atoms with Crippen molar-refractivity contribution in [3.63, 3.8) is 0 Å². The Morgan fingerprint density at radius 2 is 0.620 bits per heavy atom. The van der Waals surface area contributed by atoms with E-state index in [2.05, 4.69) is 135 Å². The predicted molar refractivity (Wildman–Crippen MR) is 397 cm³/mol. The van der Waals surface area contributed by atoms with E-state index in [9.17, 15) is 19.0 Å². The number of phosphoric acid groups is 1. The molecule has 0 N–H and O–H groups in total. The van der Waals surface area contributed by atoms with Gasteiger partial charge in [0, 0.05) is 12.8 Å². The summed E-state index contributed by atoms with van der Waals surface area (Å²) in [5, 5.41) is 0. The monoisotopic (exact) mass is 1300 g/mol. The Balaban J connectivity index is 4.05. The third-order valence-corrected chi connectivity index (χ3v) is 17.4. The Bertz CT molecular complexity index is 1970. The van der Waals surface area contributed by atoms with Crippen LogP contribution in [0, 0.1) is 0 Å². The summed E-state index contributed by atoms with van der Waals surface area (Å²) in [7, 11) is 1.16. The topological polar surface area (TPSA) is 111 Å². The van der Waals surface area contributed by atoms with E-state index in [1.165, 1.54) is 199 Å². The van der Waals surface area contributed by atoms with Gasteiger partial charge in [-0.15, -0.1) is 0 Å². The number of allylic oxidation sites excluding steroid dienone is 20. The second-order valence-electron chi connectivity index (χ2n) is 26.6. The average molecular weight is 1300 g/mol. The van der Waals surface area contributed by atoms with Gasteiger partial charge >= 0.3 is 11.9 Å². The largest absolute Gasteiger partial charge is 0.756 e. The lowest BCUT2D eigenvalue weighted by Gasteiger charge is -2.28. The fourth-order valence-corrected chi connectivity index (χ4v) is 11.4. The second-order valence-corrected chi connectivity index (χ2v) is 28.0. The lowest BCUT2D eigenvalue weighted by Crippen LogP contribution is -2.37. The maximum absolute atomic E-state index is 12.9. The van der Waals surface area contributed by atoms with Crippen molar-refractivity contribution in [3.8, 4) is 0 Å². The van der Waals surface area contributed by atoms with Crippen LogP contribution in [0.15, 0.2) is 122 Å². The Hall–Kier alpha value is -3.59. The molecule has 10 heteroatoms. The summed E-state index contributed by atoms with van der Waals surface area (Å²) in [4.78, 5) is 38.1. The molecule has 92 heavy (non-hydrogen) atoms. The van der Waals surface area contributed by atoms with Gasteiger partial charge < -0.3 is 27.9 Å². The smallest absolute Gasteiger partial charge is 0.306 e. The average Bonchev–Trinajstić information content (AvgIpc) is 2.14. The molecule has 0 aliphatic rings. The molecule has 0 spiro atoms. The zero-order valence-electron chi connectivity index (χ0n) is 60.5. The van der Waals surface area contributed by atoms with Crippen LogP contribution in [0.4, 0.5) is 0 Å². The van der Waals surface area contributed by atoms with Gasteiger partial charge in [-0.05, 0) is 109 Å². The van der Waals surface area contributed by atoms with Gasteiger partial charge in [0.25, 0.3) is 7.82 Å². The normalized spacial score (nSPS) is 13.8. The van der Waals surface area contributed by atoms with Gasteiger partial charge in [0.1, 0.15) is 19.8 Å². The highest BCUT2D eigenvalue weighted by Gasteiger charge is 2.22. The minimum absolute atomic E-state index is 0.0375. The quantitative estimate of drug-likeness (QED) is 0.0195. The van der Waals surface area contributed by atoms with Crippen LogP contribution in [0.2, 0.25) is 0 Å². The molecule has 9 nitrogen and oxygen atoms in total. The van der Waals surface area contributed by atoms with Crippen molar-refractivity contribution in [2.24, 2.45) is 0 Å². The van der Waals surface area contributed by atoms with Crippen LogP contribution >= 0.6 is 7.82 Å². The van der Waals surface area contributed by atoms with Crippen molar-refractivity contribution in [3.05, 3.63) is 122 Å². The van der Waals surface area contributed by atoms with E-state index in [1.54, 1.807) is 0 Å². The van der Waals surface area contributed by atoms with Crippen LogP contribution in [0.5, 0.6) is 0 Å². The number of hydrogen-bond donors (Lipinski definition) is 0. The number of carbonyl (C=O) groups excluding carboxylic acids is 2. The zero-order valence-corrected chi connectivity index (χ0v) is 61.4. The van der Waals surface area contributed by atoms with E-state index < -0.39 is 26.5 Å². The minimum Gasteiger partial charge on any atom is -0.756 e. The van der Waals surface area contributed by atoms with E-state index in [0.717, 1.165) is 103 Å². The van der Waals surface area contributed by atoms with Crippen LogP contribution in [0.3, 0.4) is 0 Å². The predicted octanol–water partition coefficient (Wildman–Crippen LogP) is 24.8. The summed E-state index contributed by atoms with van der Waals surface area (Å²) < 4.78 is 34.4. The molecule has 2 unspecified atom stereocenters. The van der Waals surface area contributed by atoms with E-state index in [-0.39, 0.29) is 32.0 Å². The molecule has 0 aromatic heterocycles. The van der Waals surface area contributed by atoms with E-state index in [4.69, 9.17) is 18.5 Å². The van der Waals surface area contributed by atoms with Crippen molar-refractivity contribution in [1.29, 1.82) is 0 Å². The number of rotatable bonds is 70. The number of nitrogens with zero attached hydrogens (tertiary/aromatic N) is 1. The Labute approximate surface area is 568 Å². The summed E-state index contributed by atoms with van der Waals surface area (Å²) in [6.45, 7) is 4.14. The maximum Gasteiger partial charge on any atom is 0.306 e. The molecule has 0 bridgehead atoms. The fraction of sp³-hybridized carbons (Fsp3) is 0.732. The SMILES string of the molecule is CC/C=C\C/C=C\C/C=C\C/C=C\C/C=C\C/C=C\C/C=C\C/C=C\C/C=C\CCCCCCCCCC(=O)OC(COC(=O)CCCCCCCCCCCCCCCCCCCCCCC/C=C\CCCCCCCCCC)COP(=O)([O-])OCC[N+](C)(C)C. The zero-order chi connectivity index (χ0) is 66.9. The van der Waals surface area contributed by atoms with Gasteiger partial charge in [0.2, 0.25) is 0 Å². The number of hydrogen-bond acceptors (Lipinski definition) is 8. The number of phosphoric ester groups is 1. The number of esters is 2. The van der Waals surface area contributed by atoms with E-state index in [1.807, 2.05) is 21.1 Å². The molecular weight excluding hydrogens is 1160 g/mol. The molecule has 0 saturated carbocycles. The number of unbranched alkanes of at least 4 members (excludes halogenated alkanes) is 36. The van der Waals surface area contributed by atoms with E-state index in [0.29, 0.717) is 17.4 Å². The van der Waals surface area contributed by atoms with Crippen LogP contribution in [0.1, 0.15) is 335 Å². The molecule has 2 atom stereocenters. The van der Waals surface area contributed by atoms with Gasteiger partial charge in [0.15, 0.2) is 6.10 Å². The number of carbonyl (C=O) groups is 2. The first kappa shape index (κ1) is 88.4. The van der Waals surface area contributed by atoms with Gasteiger partial charge in [-0.25, -0.2) is 0 Å². The number of quaternary nitrogens is 1. The molecule has 0 rings (SSSR count). The summed E-state index contributed by atoms with van der Waals surface area (Å²) in [6.07, 6.45) is 103. The Morgan fingerprint density at radius 3 is 0.935 bits per heavy atom. The summed E-state index contributed by atoms with van der Waals surface area (Å²) in [5.74, 6) is -0.840. The summed E-state index contributed by atoms with van der Waals surface area (Å²) >= 11 is 0. The highest BCUT2D eigenvalue weighted by molar-refractivity contribution is 7.45. The molecule has 0 fully saturated rings. The van der Waals surface area contributed by atoms with Gasteiger partial charge in [0.05, 0.1) is 27.7 Å². The molecule has 0 heterocycles. The van der Waals surface area contributed by atoms with Crippen molar-refractivity contribution >= 4 is 19.8 Å². The molecule has 0 aliphatic carbocycles. The van der Waals surface area contributed by atoms with Crippen molar-refractivity contribution in [1.82, 2.24) is 0 Å². The fourth-order valence-electron chi connectivity index (χ4n) is 10.6. The first-order chi connectivity index (χ1) is 45.0. The summed E-state index contributed by atoms with van der Waals surface area (Å²) in [6, 6.07) is 0. The minimum atomic E-state index is -4.65. The molecule has 0 aromatic rings. The molecule has 0 amide bonds. The first-order valence-corrected chi connectivity index (χ1v) is 39.7. The highest BCUT2D eigenvalue weighted by atomic mass is 31.2. The molecule has 0 saturated heterocycles. The molecule has 0 aromatic carbocycles. The van der Waals surface area contributed by atoms with Gasteiger partial charge in [-0.1, -0.05) is 334 Å². The first-order valence-electron chi connectivity index (χ1n) is 38.2. The highest BCUT2D eigenvalue weighted by Crippen LogP contribution is 2.38. The number of ether oxygens (including phenoxy) is 2. The lowest BCUT2D eigenvalue weighted by molar-refractivity contribution is -0.870. The van der Waals surface area contributed by atoms with Crippen LogP contribution < -0.4 is 4.89 Å². The van der Waals surface area contributed by atoms with Gasteiger partial charge in [-0.2, -0.15) is 0 Å². The van der Waals surface area contributed by atoms with Crippen molar-refractivity contribution < 1.29 is 42.1 Å². The molecule has 0 aliphatic heterocycles. The Morgan fingerprint density at radius 1 is 0.348 bits per heavy atom. The summed E-state index contributed by atoms with van der Waals surface area (Å²) in [5.41, 5.74) is 0. The van der Waals surface area contributed by atoms with Crippen LogP contribution in [-0.4, -0.2) is 70.0 Å². The molecule has 0 radical (unpaired) electrons. The number of likely N-dealkylation sites (N-methyl/N-ethyl adjacent to an activating group) is 1. The van der Waals surface area contributed by atoms with Gasteiger partial charge in [-0.3, -0.25) is 14.2 Å². The third-order valence-electron chi connectivity index (χ3n) is 16.5. The lowest BCUT2D eigenvalue weighted by atomic mass is 10.0. The molecule has 530 valence electrons. The third kappa shape index (κ3) is 75.4. The van der Waals surface area contributed by atoms with E-state index >= 15 is 0 Å². The maximum atomic E-state index is 12.9. The second kappa shape index (κ2) is 71.7. The van der Waals surface area contributed by atoms with Crippen molar-refractivity contribution in [2.45, 2.75) is 341 Å². The standard InChI is InChI=1S/C82H144NO8P/c1-6-8-10-12-14-16-18-20-22-24-26-28-30-32-34-36-38-40-41-43-45-47-49-51-53-55-57-59-61-63-65-67-69-71-73-75-82(85)91-80(79-90-92(86,87)89-77-76-83(3,4)5)78-88-81(84)74-72-70-68-66-64-62-60-58-56-54-52-50-48-46-44-42-39-37-35-33-31-29-27-25-23-21-19-17-15-13-11-9-7-2/h8,10,14,16,20,22,25-28,32,34,38,40,43,45,49,51,55,57,80H,6-7,9,11-13,15,17-19,21,23-24,29-31,33,35-37,39,41-42,44,46-48,50,52-54,56,58-79H2,1-5H3/b10-8-,16-14-,22-20-,27-25-,28-26-,34-32-,40-38-,45-43-,51-49-,57-55-. The van der Waals surface area contributed by atoms with Crippen LogP contribution in [0.25, 0.3) is 0 Å². The van der Waals surface area contributed by atoms with Crippen molar-refractivity contribution in [2.75, 3.05) is 47.5 Å². The van der Waals surface area contributed by atoms with Crippen LogP contribution in [-0.2, 0) is 32.7 Å².